The first kappa shape index (κ1) is 20.6. The first-order valence-electron chi connectivity index (χ1n) is 8.60. The number of nitrogens with one attached hydrogen (secondary N) is 2. The van der Waals surface area contributed by atoms with E-state index in [9.17, 15) is 14.4 Å². The smallest absolute Gasteiger partial charge is 0.305 e. The molecular formula is C20H22N4O4. The summed E-state index contributed by atoms with van der Waals surface area (Å²) in [6, 6.07) is 14.6. The number of carboxylic acid groups (broad SMARTS) is 1. The lowest BCUT2D eigenvalue weighted by atomic mass is 10.0. The molecule has 5 N–H and O–H groups in total. The van der Waals surface area contributed by atoms with Crippen LogP contribution in [0.2, 0.25) is 0 Å². The van der Waals surface area contributed by atoms with Crippen LogP contribution < -0.4 is 16.4 Å². The van der Waals surface area contributed by atoms with Gasteiger partial charge in [-0.05, 0) is 30.7 Å². The van der Waals surface area contributed by atoms with Crippen molar-refractivity contribution < 1.29 is 19.5 Å². The van der Waals surface area contributed by atoms with Gasteiger partial charge in [0.15, 0.2) is 0 Å². The minimum atomic E-state index is -1.04. The van der Waals surface area contributed by atoms with Crippen molar-refractivity contribution >= 4 is 29.3 Å². The highest BCUT2D eigenvalue weighted by molar-refractivity contribution is 5.97. The van der Waals surface area contributed by atoms with Gasteiger partial charge in [-0.1, -0.05) is 36.4 Å². The van der Waals surface area contributed by atoms with E-state index in [2.05, 4.69) is 15.6 Å². The monoisotopic (exact) mass is 382 g/mol. The Morgan fingerprint density at radius 2 is 1.82 bits per heavy atom. The molecule has 0 fully saturated rings. The fourth-order valence-electron chi connectivity index (χ4n) is 2.54. The van der Waals surface area contributed by atoms with Crippen LogP contribution in [0.25, 0.3) is 0 Å². The quantitative estimate of drug-likeness (QED) is 0.408. The van der Waals surface area contributed by atoms with Crippen LogP contribution in [-0.2, 0) is 9.59 Å². The lowest BCUT2D eigenvalue weighted by Gasteiger charge is -2.17. The molecule has 0 aromatic heterocycles. The number of amidine groups is 1. The molecule has 0 bridgehead atoms. The summed E-state index contributed by atoms with van der Waals surface area (Å²) in [5.41, 5.74) is 7.07. The van der Waals surface area contributed by atoms with Gasteiger partial charge in [0.1, 0.15) is 0 Å². The summed E-state index contributed by atoms with van der Waals surface area (Å²) in [7, 11) is 0. The summed E-state index contributed by atoms with van der Waals surface area (Å²) in [5.74, 6) is -1.61. The van der Waals surface area contributed by atoms with E-state index in [-0.39, 0.29) is 13.0 Å². The summed E-state index contributed by atoms with van der Waals surface area (Å²) < 4.78 is 0. The van der Waals surface area contributed by atoms with Gasteiger partial charge in [0, 0.05) is 5.56 Å². The molecule has 0 aliphatic rings. The SMILES string of the molecule is CC(N)=Nc1cccc(C(=O)NCC(=O)NC(CC(=O)O)c2ccccc2)c1. The average molecular weight is 382 g/mol. The van der Waals surface area contributed by atoms with Gasteiger partial charge in [0.25, 0.3) is 5.91 Å². The predicted octanol–water partition coefficient (Wildman–Crippen LogP) is 1.76. The minimum Gasteiger partial charge on any atom is -0.481 e. The number of hydrogen-bond acceptors (Lipinski definition) is 4. The van der Waals surface area contributed by atoms with Crippen LogP contribution in [0, 0.1) is 0 Å². The van der Waals surface area contributed by atoms with Crippen molar-refractivity contribution in [2.24, 2.45) is 10.7 Å². The van der Waals surface area contributed by atoms with Crippen LogP contribution in [0.3, 0.4) is 0 Å². The predicted molar refractivity (Wildman–Crippen MR) is 105 cm³/mol. The van der Waals surface area contributed by atoms with E-state index in [0.717, 1.165) is 0 Å². The van der Waals surface area contributed by atoms with Crippen LogP contribution in [0.15, 0.2) is 59.6 Å². The van der Waals surface area contributed by atoms with E-state index in [4.69, 9.17) is 10.8 Å². The van der Waals surface area contributed by atoms with Crippen LogP contribution in [0.1, 0.15) is 35.3 Å². The first-order chi connectivity index (χ1) is 13.3. The highest BCUT2D eigenvalue weighted by atomic mass is 16.4. The zero-order valence-electron chi connectivity index (χ0n) is 15.4. The van der Waals surface area contributed by atoms with Crippen LogP contribution in [0.5, 0.6) is 0 Å². The molecule has 8 heteroatoms. The molecule has 0 saturated heterocycles. The maximum Gasteiger partial charge on any atom is 0.305 e. The molecule has 2 amide bonds. The molecule has 0 spiro atoms. The Bertz CT molecular complexity index is 877. The molecule has 2 rings (SSSR count). The van der Waals surface area contributed by atoms with E-state index < -0.39 is 23.8 Å². The molecular weight excluding hydrogens is 360 g/mol. The number of aliphatic imine (C=N–C) groups is 1. The summed E-state index contributed by atoms with van der Waals surface area (Å²) in [6.45, 7) is 1.35. The van der Waals surface area contributed by atoms with E-state index in [1.807, 2.05) is 0 Å². The molecule has 0 aliphatic carbocycles. The van der Waals surface area contributed by atoms with Gasteiger partial charge in [-0.15, -0.1) is 0 Å². The fourth-order valence-corrected chi connectivity index (χ4v) is 2.54. The van der Waals surface area contributed by atoms with E-state index in [1.165, 1.54) is 0 Å². The summed E-state index contributed by atoms with van der Waals surface area (Å²) in [6.07, 6.45) is -0.262. The van der Waals surface area contributed by atoms with Crippen molar-refractivity contribution in [1.82, 2.24) is 10.6 Å². The summed E-state index contributed by atoms with van der Waals surface area (Å²) in [4.78, 5) is 39.6. The second kappa shape index (κ2) is 9.86. The van der Waals surface area contributed by atoms with E-state index >= 15 is 0 Å². The molecule has 1 unspecified atom stereocenters. The highest BCUT2D eigenvalue weighted by Gasteiger charge is 2.18. The summed E-state index contributed by atoms with van der Waals surface area (Å²) in [5, 5.41) is 14.2. The number of carbonyl (C=O) groups excluding carboxylic acids is 2. The normalized spacial score (nSPS) is 12.1. The number of aliphatic carboxylic acids is 1. The van der Waals surface area contributed by atoms with Crippen LogP contribution in [0.4, 0.5) is 5.69 Å². The van der Waals surface area contributed by atoms with E-state index in [0.29, 0.717) is 22.6 Å². The Morgan fingerprint density at radius 1 is 1.11 bits per heavy atom. The maximum atomic E-state index is 12.3. The number of benzene rings is 2. The molecule has 146 valence electrons. The molecule has 0 aliphatic heterocycles. The molecule has 8 nitrogen and oxygen atoms in total. The molecule has 0 radical (unpaired) electrons. The lowest BCUT2D eigenvalue weighted by Crippen LogP contribution is -2.39. The molecule has 2 aromatic rings. The van der Waals surface area contributed by atoms with Gasteiger partial charge in [-0.25, -0.2) is 4.99 Å². The molecule has 2 aromatic carbocycles. The third-order valence-corrected chi connectivity index (χ3v) is 3.74. The average Bonchev–Trinajstić information content (AvgIpc) is 2.65. The Morgan fingerprint density at radius 3 is 2.46 bits per heavy atom. The number of carbonyl (C=O) groups is 3. The minimum absolute atomic E-state index is 0.262. The molecule has 1 atom stereocenters. The van der Waals surface area contributed by atoms with Crippen LogP contribution in [-0.4, -0.2) is 35.3 Å². The highest BCUT2D eigenvalue weighted by Crippen LogP contribution is 2.16. The zero-order valence-corrected chi connectivity index (χ0v) is 15.4. The van der Waals surface area contributed by atoms with E-state index in [1.54, 1.807) is 61.5 Å². The Labute approximate surface area is 162 Å². The third-order valence-electron chi connectivity index (χ3n) is 3.74. The van der Waals surface area contributed by atoms with Gasteiger partial charge < -0.3 is 21.5 Å². The van der Waals surface area contributed by atoms with Gasteiger partial charge >= 0.3 is 5.97 Å². The largest absolute Gasteiger partial charge is 0.481 e. The lowest BCUT2D eigenvalue weighted by molar-refractivity contribution is -0.137. The number of rotatable bonds is 8. The third kappa shape index (κ3) is 6.56. The number of nitrogens with two attached hydrogens (primary N) is 1. The molecule has 0 heterocycles. The van der Waals surface area contributed by atoms with Gasteiger partial charge in [0.2, 0.25) is 5.91 Å². The van der Waals surface area contributed by atoms with Crippen molar-refractivity contribution in [2.75, 3.05) is 6.54 Å². The Balaban J connectivity index is 1.97. The molecule has 0 saturated carbocycles. The Kier molecular flexibility index (Phi) is 7.27. The number of nitrogens with zero attached hydrogens (tertiary/aromatic N) is 1. The molecule has 28 heavy (non-hydrogen) atoms. The first-order valence-corrected chi connectivity index (χ1v) is 8.60. The van der Waals surface area contributed by atoms with Gasteiger partial charge in [-0.2, -0.15) is 0 Å². The topological polar surface area (TPSA) is 134 Å². The zero-order chi connectivity index (χ0) is 20.5. The maximum absolute atomic E-state index is 12.3. The summed E-state index contributed by atoms with van der Waals surface area (Å²) >= 11 is 0. The van der Waals surface area contributed by atoms with Crippen LogP contribution >= 0.6 is 0 Å². The van der Waals surface area contributed by atoms with Crippen molar-refractivity contribution in [1.29, 1.82) is 0 Å². The number of amides is 2. The van der Waals surface area contributed by atoms with Gasteiger partial charge in [-0.3, -0.25) is 14.4 Å². The van der Waals surface area contributed by atoms with Gasteiger partial charge in [0.05, 0.1) is 30.5 Å². The fraction of sp³-hybridized carbons (Fsp3) is 0.200. The second-order valence-electron chi connectivity index (χ2n) is 6.11. The van der Waals surface area contributed by atoms with Crippen molar-refractivity contribution in [3.05, 3.63) is 65.7 Å². The van der Waals surface area contributed by atoms with Crippen molar-refractivity contribution in [2.45, 2.75) is 19.4 Å². The van der Waals surface area contributed by atoms with Crippen molar-refractivity contribution in [3.63, 3.8) is 0 Å². The Hall–Kier alpha value is -3.68. The number of hydrogen-bond donors (Lipinski definition) is 4. The standard InChI is InChI=1S/C20H22N4O4/c1-13(21)23-16-9-5-8-15(10-16)20(28)22-12-18(25)24-17(11-19(26)27)14-6-3-2-4-7-14/h2-10,17H,11-12H2,1H3,(H2,21,23)(H,22,28)(H,24,25)(H,26,27). The second-order valence-corrected chi connectivity index (χ2v) is 6.11. The van der Waals surface area contributed by atoms with Crippen molar-refractivity contribution in [3.8, 4) is 0 Å². The number of carboxylic acids is 1.